The second-order valence-electron chi connectivity index (χ2n) is 16.1. The lowest BCUT2D eigenvalue weighted by molar-refractivity contribution is 0.487. The Bertz CT molecular complexity index is 3560. The monoisotopic (exact) mass is 803 g/mol. The Morgan fingerprint density at radius 1 is 0.397 bits per heavy atom. The molecule has 0 atom stereocenters. The van der Waals surface area contributed by atoms with Gasteiger partial charge in [-0.25, -0.2) is 0 Å². The quantitative estimate of drug-likeness (QED) is 0.161. The summed E-state index contributed by atoms with van der Waals surface area (Å²) in [7, 11) is 0. The number of benzene rings is 10. The third-order valence-corrected chi connectivity index (χ3v) is 12.4. The molecule has 63 heavy (non-hydrogen) atoms. The van der Waals surface area contributed by atoms with Gasteiger partial charge in [0.05, 0.1) is 22.7 Å². The van der Waals surface area contributed by atoms with Crippen molar-refractivity contribution in [3.05, 3.63) is 230 Å². The van der Waals surface area contributed by atoms with Crippen LogP contribution in [0.3, 0.4) is 0 Å². The number of hydrogen-bond acceptors (Lipinski definition) is 3. The SMILES string of the molecule is N#Cc1ccc(-n2c3ccccc3c3cc(-c4ccc(N(c5ccc(-c6ccccc6)cc5)c5ccc(-c6ccc7c(c6)Oc6cccc8cccc-7c68)cc5)cc4)ccc32)cc1. The van der Waals surface area contributed by atoms with Crippen molar-refractivity contribution in [1.29, 1.82) is 5.26 Å². The van der Waals surface area contributed by atoms with E-state index in [1.807, 2.05) is 24.3 Å². The topological polar surface area (TPSA) is 41.2 Å². The highest BCUT2D eigenvalue weighted by atomic mass is 16.5. The van der Waals surface area contributed by atoms with Crippen LogP contribution >= 0.6 is 0 Å². The van der Waals surface area contributed by atoms with Gasteiger partial charge in [-0.05, 0) is 141 Å². The largest absolute Gasteiger partial charge is 0.456 e. The van der Waals surface area contributed by atoms with Crippen LogP contribution in [0, 0.1) is 11.3 Å². The van der Waals surface area contributed by atoms with Gasteiger partial charge in [0.1, 0.15) is 11.5 Å². The molecular weight excluding hydrogens is 767 g/mol. The average molecular weight is 804 g/mol. The Labute approximate surface area is 365 Å². The summed E-state index contributed by atoms with van der Waals surface area (Å²) in [5.74, 6) is 1.77. The summed E-state index contributed by atoms with van der Waals surface area (Å²) < 4.78 is 8.80. The molecule has 12 rings (SSSR count). The van der Waals surface area contributed by atoms with Crippen LogP contribution in [0.2, 0.25) is 0 Å². The van der Waals surface area contributed by atoms with E-state index < -0.39 is 0 Å². The molecule has 0 saturated carbocycles. The Morgan fingerprint density at radius 3 is 1.63 bits per heavy atom. The summed E-state index contributed by atoms with van der Waals surface area (Å²) in [6.45, 7) is 0. The Hall–Kier alpha value is -8.65. The maximum atomic E-state index is 9.41. The summed E-state index contributed by atoms with van der Waals surface area (Å²) in [5, 5.41) is 14.1. The van der Waals surface area contributed by atoms with E-state index in [2.05, 4.69) is 216 Å². The van der Waals surface area contributed by atoms with Crippen molar-refractivity contribution in [2.45, 2.75) is 0 Å². The first kappa shape index (κ1) is 36.2. The smallest absolute Gasteiger partial charge is 0.135 e. The van der Waals surface area contributed by atoms with E-state index in [0.29, 0.717) is 5.56 Å². The lowest BCUT2D eigenvalue weighted by Gasteiger charge is -2.26. The normalized spacial score (nSPS) is 11.6. The maximum Gasteiger partial charge on any atom is 0.135 e. The number of ether oxygens (including phenoxy) is 1. The van der Waals surface area contributed by atoms with Gasteiger partial charge in [0.15, 0.2) is 0 Å². The molecule has 0 radical (unpaired) electrons. The minimum absolute atomic E-state index is 0.649. The van der Waals surface area contributed by atoms with E-state index in [0.717, 1.165) is 73.1 Å². The van der Waals surface area contributed by atoms with Gasteiger partial charge in [0.2, 0.25) is 0 Å². The third kappa shape index (κ3) is 6.22. The fourth-order valence-corrected chi connectivity index (χ4v) is 9.35. The molecule has 0 aliphatic carbocycles. The summed E-state index contributed by atoms with van der Waals surface area (Å²) >= 11 is 0. The molecule has 0 unspecified atom stereocenters. The highest BCUT2D eigenvalue weighted by molar-refractivity contribution is 6.10. The molecule has 294 valence electrons. The van der Waals surface area contributed by atoms with Crippen LogP contribution < -0.4 is 9.64 Å². The minimum Gasteiger partial charge on any atom is -0.456 e. The number of fused-ring (bicyclic) bond motifs is 5. The lowest BCUT2D eigenvalue weighted by atomic mass is 9.93. The molecule has 0 amide bonds. The molecule has 0 spiro atoms. The van der Waals surface area contributed by atoms with Crippen molar-refractivity contribution < 1.29 is 4.74 Å². The first-order chi connectivity index (χ1) is 31.2. The van der Waals surface area contributed by atoms with Gasteiger partial charge in [-0.15, -0.1) is 0 Å². The molecule has 4 nitrogen and oxygen atoms in total. The molecule has 4 heteroatoms. The van der Waals surface area contributed by atoms with Gasteiger partial charge in [-0.1, -0.05) is 127 Å². The van der Waals surface area contributed by atoms with E-state index in [-0.39, 0.29) is 0 Å². The van der Waals surface area contributed by atoms with E-state index in [1.54, 1.807) is 0 Å². The first-order valence-electron chi connectivity index (χ1n) is 21.2. The molecular formula is C59H37N3O. The van der Waals surface area contributed by atoms with Crippen LogP contribution in [-0.4, -0.2) is 4.57 Å². The molecule has 1 aliphatic rings. The predicted molar refractivity (Wildman–Crippen MR) is 260 cm³/mol. The second-order valence-corrected chi connectivity index (χ2v) is 16.1. The van der Waals surface area contributed by atoms with Gasteiger partial charge in [-0.3, -0.25) is 0 Å². The second kappa shape index (κ2) is 14.8. The van der Waals surface area contributed by atoms with E-state index in [1.165, 1.54) is 38.2 Å². The fourth-order valence-electron chi connectivity index (χ4n) is 9.35. The van der Waals surface area contributed by atoms with Gasteiger partial charge >= 0.3 is 0 Å². The number of nitriles is 1. The Morgan fingerprint density at radius 2 is 0.952 bits per heavy atom. The number of para-hydroxylation sites is 1. The minimum atomic E-state index is 0.649. The molecule has 0 N–H and O–H groups in total. The fraction of sp³-hybridized carbons (Fsp3) is 0. The van der Waals surface area contributed by atoms with Crippen LogP contribution in [0.1, 0.15) is 5.56 Å². The molecule has 1 aromatic heterocycles. The Balaban J connectivity index is 0.899. The van der Waals surface area contributed by atoms with Crippen molar-refractivity contribution in [3.63, 3.8) is 0 Å². The van der Waals surface area contributed by atoms with Crippen molar-refractivity contribution in [3.8, 4) is 67.8 Å². The van der Waals surface area contributed by atoms with Gasteiger partial charge in [0.25, 0.3) is 0 Å². The number of rotatable bonds is 7. The molecule has 11 aromatic rings. The lowest BCUT2D eigenvalue weighted by Crippen LogP contribution is -2.09. The summed E-state index contributed by atoms with van der Waals surface area (Å²) in [5.41, 5.74) is 16.3. The van der Waals surface area contributed by atoms with Gasteiger partial charge in [-0.2, -0.15) is 5.26 Å². The highest BCUT2D eigenvalue weighted by Gasteiger charge is 2.21. The maximum absolute atomic E-state index is 9.41. The Kier molecular flexibility index (Phi) is 8.52. The van der Waals surface area contributed by atoms with Gasteiger partial charge in [0, 0.05) is 44.5 Å². The van der Waals surface area contributed by atoms with Crippen LogP contribution in [0.25, 0.3) is 82.8 Å². The van der Waals surface area contributed by atoms with E-state index >= 15 is 0 Å². The molecule has 0 fully saturated rings. The van der Waals surface area contributed by atoms with Crippen LogP contribution in [0.15, 0.2) is 224 Å². The molecule has 2 heterocycles. The number of hydrogen-bond donors (Lipinski definition) is 0. The number of anilines is 3. The number of nitrogens with zero attached hydrogens (tertiary/aromatic N) is 3. The molecule has 1 aliphatic heterocycles. The zero-order valence-corrected chi connectivity index (χ0v) is 34.1. The van der Waals surface area contributed by atoms with E-state index in [9.17, 15) is 5.26 Å². The predicted octanol–water partition coefficient (Wildman–Crippen LogP) is 16.1. The molecule has 0 bridgehead atoms. The van der Waals surface area contributed by atoms with Crippen molar-refractivity contribution in [1.82, 2.24) is 4.57 Å². The summed E-state index contributed by atoms with van der Waals surface area (Å²) in [6, 6.07) is 81.6. The zero-order valence-electron chi connectivity index (χ0n) is 34.1. The zero-order chi connectivity index (χ0) is 41.9. The van der Waals surface area contributed by atoms with Crippen LogP contribution in [0.4, 0.5) is 17.1 Å². The molecule has 10 aromatic carbocycles. The van der Waals surface area contributed by atoms with Crippen LogP contribution in [0.5, 0.6) is 11.5 Å². The van der Waals surface area contributed by atoms with E-state index in [4.69, 9.17) is 4.74 Å². The van der Waals surface area contributed by atoms with Gasteiger partial charge < -0.3 is 14.2 Å². The summed E-state index contributed by atoms with van der Waals surface area (Å²) in [6.07, 6.45) is 0. The van der Waals surface area contributed by atoms with Crippen LogP contribution in [-0.2, 0) is 0 Å². The third-order valence-electron chi connectivity index (χ3n) is 12.4. The van der Waals surface area contributed by atoms with Crippen molar-refractivity contribution >= 4 is 49.6 Å². The molecule has 0 saturated heterocycles. The van der Waals surface area contributed by atoms with Crippen molar-refractivity contribution in [2.75, 3.05) is 4.90 Å². The van der Waals surface area contributed by atoms with Crippen molar-refractivity contribution in [2.24, 2.45) is 0 Å². The standard InChI is InChI=1S/C59H37N3O/c60-38-39-16-26-50(27-17-39)62-55-14-5-4-12-51(55)54-36-45(25-35-56(54)62)42-20-30-48(31-21-42)61(47-28-18-41(19-29-47)40-8-2-1-3-9-40)49-32-22-43(23-33-49)46-24-34-52-53-13-6-10-44-11-7-15-57(59(44)53)63-58(52)37-46/h1-37H. The highest BCUT2D eigenvalue weighted by Crippen LogP contribution is 2.48. The number of aromatic nitrogens is 1. The average Bonchev–Trinajstić information content (AvgIpc) is 3.69. The first-order valence-corrected chi connectivity index (χ1v) is 21.2. The summed E-state index contributed by atoms with van der Waals surface area (Å²) in [4.78, 5) is 2.32.